The topological polar surface area (TPSA) is 106 Å². The van der Waals surface area contributed by atoms with Crippen molar-refractivity contribution in [2.24, 2.45) is 11.7 Å². The summed E-state index contributed by atoms with van der Waals surface area (Å²) in [4.78, 5) is 14.8. The Morgan fingerprint density at radius 2 is 2.12 bits per heavy atom. The van der Waals surface area contributed by atoms with E-state index in [1.54, 1.807) is 24.0 Å². The molecular weight excluding hydrogens is 329 g/mol. The van der Waals surface area contributed by atoms with E-state index in [0.29, 0.717) is 18.2 Å². The molecular formula is C15H18FN7S. The van der Waals surface area contributed by atoms with Crippen LogP contribution in [0.3, 0.4) is 0 Å². The zero-order valence-electron chi connectivity index (χ0n) is 12.9. The van der Waals surface area contributed by atoms with E-state index in [9.17, 15) is 4.39 Å². The van der Waals surface area contributed by atoms with E-state index in [0.717, 1.165) is 18.0 Å². The third-order valence-electron chi connectivity index (χ3n) is 4.59. The number of aromatic nitrogens is 3. The number of halogens is 1. The number of nitrogens with one attached hydrogen (secondary N) is 1. The number of nitrogens with two attached hydrogens (primary N) is 2. The Hall–Kier alpha value is -1.97. The van der Waals surface area contributed by atoms with Gasteiger partial charge < -0.3 is 16.4 Å². The van der Waals surface area contributed by atoms with Crippen molar-refractivity contribution in [1.82, 2.24) is 20.3 Å². The number of thioether (sulfide) groups is 1. The Kier molecular flexibility index (Phi) is 3.78. The minimum atomic E-state index is -0.446. The first-order valence-electron chi connectivity index (χ1n) is 7.66. The predicted octanol–water partition coefficient (Wildman–Crippen LogP) is 0.503. The van der Waals surface area contributed by atoms with E-state index in [1.165, 1.54) is 12.4 Å². The molecule has 0 bridgehead atoms. The highest BCUT2D eigenvalue weighted by Crippen LogP contribution is 2.43. The quantitative estimate of drug-likeness (QED) is 0.721. The second-order valence-corrected chi connectivity index (χ2v) is 7.30. The normalized spacial score (nSPS) is 29.5. The van der Waals surface area contributed by atoms with E-state index in [2.05, 4.69) is 20.3 Å². The molecule has 0 aliphatic carbocycles. The highest BCUT2D eigenvalue weighted by molar-refractivity contribution is 7.99. The molecule has 3 atom stereocenters. The number of hydrogen-bond acceptors (Lipinski definition) is 8. The summed E-state index contributed by atoms with van der Waals surface area (Å²) in [5, 5.41) is 3.50. The summed E-state index contributed by atoms with van der Waals surface area (Å²) in [6.07, 6.45) is 4.08. The van der Waals surface area contributed by atoms with Gasteiger partial charge in [-0.3, -0.25) is 10.3 Å². The summed E-state index contributed by atoms with van der Waals surface area (Å²) in [6.45, 7) is 1.35. The monoisotopic (exact) mass is 347 g/mol. The van der Waals surface area contributed by atoms with Crippen LogP contribution >= 0.6 is 11.8 Å². The van der Waals surface area contributed by atoms with Gasteiger partial charge >= 0.3 is 0 Å². The molecule has 7 nitrogen and oxygen atoms in total. The summed E-state index contributed by atoms with van der Waals surface area (Å²) >= 11 is 1.67. The van der Waals surface area contributed by atoms with Crippen molar-refractivity contribution in [1.29, 1.82) is 0 Å². The summed E-state index contributed by atoms with van der Waals surface area (Å²) in [5.74, 6) is 1.22. The number of fused-ring (bicyclic) bond motifs is 1. The molecule has 2 aliphatic rings. The molecule has 4 rings (SSSR count). The minimum absolute atomic E-state index is 0.182. The van der Waals surface area contributed by atoms with Crippen molar-refractivity contribution < 1.29 is 4.39 Å². The summed E-state index contributed by atoms with van der Waals surface area (Å²) in [6, 6.07) is 3.65. The molecule has 4 heterocycles. The van der Waals surface area contributed by atoms with Gasteiger partial charge in [-0.2, -0.15) is 0 Å². The van der Waals surface area contributed by atoms with Crippen LogP contribution in [0.4, 0.5) is 16.0 Å². The molecule has 0 aromatic carbocycles. The number of pyridine rings is 1. The van der Waals surface area contributed by atoms with Gasteiger partial charge in [0.2, 0.25) is 5.95 Å². The van der Waals surface area contributed by atoms with Crippen LogP contribution in [-0.4, -0.2) is 39.3 Å². The Labute approximate surface area is 143 Å². The van der Waals surface area contributed by atoms with Crippen LogP contribution in [0.25, 0.3) is 0 Å². The Balaban J connectivity index is 1.72. The molecule has 0 amide bonds. The maximum absolute atomic E-state index is 13.1. The van der Waals surface area contributed by atoms with E-state index < -0.39 is 11.4 Å². The van der Waals surface area contributed by atoms with Crippen molar-refractivity contribution in [3.63, 3.8) is 0 Å². The van der Waals surface area contributed by atoms with Gasteiger partial charge in [0.25, 0.3) is 0 Å². The molecule has 126 valence electrons. The standard InChI is InChI=1S/C15H18FN7S/c16-10-4-20-14(21-5-10)23-6-9-7-24-13(18)22-15(9,8-23)12-3-11(17)1-2-19-12/h1-5,9,13,22H,6-8,18H2,(H2,17,19). The van der Waals surface area contributed by atoms with Gasteiger partial charge in [0.05, 0.1) is 23.6 Å². The summed E-state index contributed by atoms with van der Waals surface area (Å²) < 4.78 is 13.1. The average Bonchev–Trinajstić information content (AvgIpc) is 2.95. The van der Waals surface area contributed by atoms with Crippen molar-refractivity contribution >= 4 is 23.4 Å². The third kappa shape index (κ3) is 2.58. The summed E-state index contributed by atoms with van der Waals surface area (Å²) in [7, 11) is 0. The first-order valence-corrected chi connectivity index (χ1v) is 8.71. The van der Waals surface area contributed by atoms with Crippen LogP contribution in [0.5, 0.6) is 0 Å². The lowest BCUT2D eigenvalue weighted by molar-refractivity contribution is 0.267. The van der Waals surface area contributed by atoms with Crippen molar-refractivity contribution in [3.05, 3.63) is 42.2 Å². The van der Waals surface area contributed by atoms with Crippen LogP contribution in [0, 0.1) is 11.7 Å². The Morgan fingerprint density at radius 1 is 1.33 bits per heavy atom. The lowest BCUT2D eigenvalue weighted by Gasteiger charge is -2.41. The zero-order chi connectivity index (χ0) is 16.7. The van der Waals surface area contributed by atoms with Crippen LogP contribution < -0.4 is 21.7 Å². The number of anilines is 2. The lowest BCUT2D eigenvalue weighted by Crippen LogP contribution is -2.59. The fourth-order valence-electron chi connectivity index (χ4n) is 3.47. The molecule has 2 fully saturated rings. The van der Waals surface area contributed by atoms with Crippen LogP contribution in [-0.2, 0) is 5.54 Å². The number of hydrogen-bond donors (Lipinski definition) is 3. The second-order valence-electron chi connectivity index (χ2n) is 6.12. The molecule has 2 saturated heterocycles. The highest BCUT2D eigenvalue weighted by atomic mass is 32.2. The molecule has 0 saturated carbocycles. The van der Waals surface area contributed by atoms with Gasteiger partial charge in [-0.25, -0.2) is 14.4 Å². The first kappa shape index (κ1) is 15.6. The highest BCUT2D eigenvalue weighted by Gasteiger charge is 2.52. The van der Waals surface area contributed by atoms with E-state index in [1.807, 2.05) is 11.0 Å². The molecule has 2 aromatic rings. The van der Waals surface area contributed by atoms with Gasteiger partial charge in [-0.1, -0.05) is 0 Å². The maximum atomic E-state index is 13.1. The van der Waals surface area contributed by atoms with E-state index in [4.69, 9.17) is 11.5 Å². The predicted molar refractivity (Wildman–Crippen MR) is 91.6 cm³/mol. The van der Waals surface area contributed by atoms with Gasteiger partial charge in [0, 0.05) is 36.6 Å². The van der Waals surface area contributed by atoms with Gasteiger partial charge in [-0.05, 0) is 12.1 Å². The average molecular weight is 347 g/mol. The van der Waals surface area contributed by atoms with Crippen molar-refractivity contribution in [2.75, 3.05) is 29.5 Å². The van der Waals surface area contributed by atoms with Crippen molar-refractivity contribution in [3.8, 4) is 0 Å². The number of nitrogen functional groups attached to an aromatic ring is 1. The molecule has 2 aliphatic heterocycles. The van der Waals surface area contributed by atoms with E-state index >= 15 is 0 Å². The first-order chi connectivity index (χ1) is 11.6. The molecule has 24 heavy (non-hydrogen) atoms. The van der Waals surface area contributed by atoms with Crippen LogP contribution in [0.2, 0.25) is 0 Å². The Bertz CT molecular complexity index is 743. The molecule has 0 spiro atoms. The minimum Gasteiger partial charge on any atom is -0.399 e. The molecule has 5 N–H and O–H groups in total. The molecule has 0 radical (unpaired) electrons. The second kappa shape index (κ2) is 5.83. The maximum Gasteiger partial charge on any atom is 0.225 e. The molecule has 2 aromatic heterocycles. The Morgan fingerprint density at radius 3 is 2.88 bits per heavy atom. The molecule has 3 unspecified atom stereocenters. The number of rotatable bonds is 2. The third-order valence-corrected chi connectivity index (χ3v) is 5.66. The van der Waals surface area contributed by atoms with Gasteiger partial charge in [-0.15, -0.1) is 11.8 Å². The number of nitrogens with zero attached hydrogens (tertiary/aromatic N) is 4. The zero-order valence-corrected chi connectivity index (χ0v) is 13.7. The van der Waals surface area contributed by atoms with Gasteiger partial charge in [0.1, 0.15) is 5.50 Å². The largest absolute Gasteiger partial charge is 0.399 e. The molecule has 9 heteroatoms. The van der Waals surface area contributed by atoms with Gasteiger partial charge in [0.15, 0.2) is 5.82 Å². The SMILES string of the molecule is Nc1ccnc(C23CN(c4ncc(F)cn4)CC2CSC(N)N3)c1. The van der Waals surface area contributed by atoms with Crippen LogP contribution in [0.1, 0.15) is 5.69 Å². The smallest absolute Gasteiger partial charge is 0.225 e. The lowest BCUT2D eigenvalue weighted by atomic mass is 9.84. The van der Waals surface area contributed by atoms with Crippen molar-refractivity contribution in [2.45, 2.75) is 11.0 Å². The fourth-order valence-corrected chi connectivity index (χ4v) is 4.59. The van der Waals surface area contributed by atoms with Crippen LogP contribution in [0.15, 0.2) is 30.7 Å². The fraction of sp³-hybridized carbons (Fsp3) is 0.400. The summed E-state index contributed by atoms with van der Waals surface area (Å²) in [5.41, 5.74) is 13.0. The van der Waals surface area contributed by atoms with E-state index in [-0.39, 0.29) is 11.4 Å².